The second kappa shape index (κ2) is 5.94. The Hall–Kier alpha value is -1.39. The molecule has 0 amide bonds. The highest BCUT2D eigenvalue weighted by atomic mass is 16.5. The molecular weight excluding hydrogens is 256 g/mol. The predicted molar refractivity (Wildman–Crippen MR) is 74.3 cm³/mol. The predicted octanol–water partition coefficient (Wildman–Crippen LogP) is 3.20. The molecule has 1 aromatic heterocycles. The maximum Gasteiger partial charge on any atom is 0.321 e. The molecule has 2 atom stereocenters. The zero-order chi connectivity index (χ0) is 14.8. The van der Waals surface area contributed by atoms with Crippen LogP contribution in [0.5, 0.6) is 0 Å². The lowest BCUT2D eigenvalue weighted by atomic mass is 9.82. The number of rotatable bonds is 4. The monoisotopic (exact) mass is 280 g/mol. The van der Waals surface area contributed by atoms with Gasteiger partial charge in [0, 0.05) is 5.92 Å². The van der Waals surface area contributed by atoms with Gasteiger partial charge in [0.2, 0.25) is 5.89 Å². The smallest absolute Gasteiger partial charge is 0.321 e. The highest BCUT2D eigenvalue weighted by molar-refractivity contribution is 5.80. The molecule has 0 bridgehead atoms. The highest BCUT2D eigenvalue weighted by Crippen LogP contribution is 2.35. The fraction of sp³-hybridized carbons (Fsp3) is 0.800. The minimum Gasteiger partial charge on any atom is -0.465 e. The van der Waals surface area contributed by atoms with E-state index >= 15 is 0 Å². The third kappa shape index (κ3) is 3.02. The van der Waals surface area contributed by atoms with Crippen molar-refractivity contribution in [1.82, 2.24) is 10.1 Å². The molecule has 1 aliphatic carbocycles. The highest BCUT2D eigenvalue weighted by Gasteiger charge is 2.38. The molecule has 0 radical (unpaired) electrons. The van der Waals surface area contributed by atoms with E-state index in [1.807, 2.05) is 0 Å². The van der Waals surface area contributed by atoms with Crippen molar-refractivity contribution in [1.29, 1.82) is 0 Å². The van der Waals surface area contributed by atoms with Crippen molar-refractivity contribution in [3.8, 4) is 0 Å². The SMILES string of the molecule is CCOC(=O)C(C)(C)c1nc(C2CCCC(C)C2)no1. The number of hydrogen-bond acceptors (Lipinski definition) is 5. The van der Waals surface area contributed by atoms with Crippen molar-refractivity contribution in [2.24, 2.45) is 5.92 Å². The van der Waals surface area contributed by atoms with Gasteiger partial charge in [-0.15, -0.1) is 0 Å². The van der Waals surface area contributed by atoms with E-state index in [9.17, 15) is 4.79 Å². The zero-order valence-corrected chi connectivity index (χ0v) is 12.8. The van der Waals surface area contributed by atoms with Crippen molar-refractivity contribution in [3.63, 3.8) is 0 Å². The third-order valence-electron chi connectivity index (χ3n) is 4.06. The third-order valence-corrected chi connectivity index (χ3v) is 4.06. The van der Waals surface area contributed by atoms with E-state index in [1.165, 1.54) is 12.8 Å². The summed E-state index contributed by atoms with van der Waals surface area (Å²) in [6.07, 6.45) is 4.68. The van der Waals surface area contributed by atoms with Gasteiger partial charge in [-0.05, 0) is 39.5 Å². The van der Waals surface area contributed by atoms with E-state index in [0.29, 0.717) is 24.3 Å². The molecule has 5 heteroatoms. The van der Waals surface area contributed by atoms with E-state index in [0.717, 1.165) is 18.7 Å². The molecule has 0 aromatic carbocycles. The van der Waals surface area contributed by atoms with Gasteiger partial charge in [0.1, 0.15) is 5.41 Å². The Balaban J connectivity index is 2.13. The van der Waals surface area contributed by atoms with Crippen LogP contribution in [0.2, 0.25) is 0 Å². The van der Waals surface area contributed by atoms with Crippen molar-refractivity contribution >= 4 is 5.97 Å². The number of aromatic nitrogens is 2. The number of carbonyl (C=O) groups is 1. The molecule has 20 heavy (non-hydrogen) atoms. The van der Waals surface area contributed by atoms with Crippen molar-refractivity contribution < 1.29 is 14.1 Å². The molecule has 2 rings (SSSR count). The first-order valence-electron chi connectivity index (χ1n) is 7.46. The number of carbonyl (C=O) groups excluding carboxylic acids is 1. The largest absolute Gasteiger partial charge is 0.465 e. The first-order chi connectivity index (χ1) is 9.45. The summed E-state index contributed by atoms with van der Waals surface area (Å²) < 4.78 is 10.4. The summed E-state index contributed by atoms with van der Waals surface area (Å²) in [5, 5.41) is 4.09. The Morgan fingerprint density at radius 3 is 2.85 bits per heavy atom. The summed E-state index contributed by atoms with van der Waals surface area (Å²) in [5.74, 6) is 1.82. The zero-order valence-electron chi connectivity index (χ0n) is 12.8. The van der Waals surface area contributed by atoms with Crippen LogP contribution in [0, 0.1) is 5.92 Å². The normalized spacial score (nSPS) is 23.6. The van der Waals surface area contributed by atoms with Crippen molar-refractivity contribution in [3.05, 3.63) is 11.7 Å². The summed E-state index contributed by atoms with van der Waals surface area (Å²) >= 11 is 0. The molecule has 1 aliphatic rings. The topological polar surface area (TPSA) is 65.2 Å². The second-order valence-electron chi connectivity index (χ2n) is 6.27. The van der Waals surface area contributed by atoms with Crippen LogP contribution >= 0.6 is 0 Å². The molecule has 0 N–H and O–H groups in total. The van der Waals surface area contributed by atoms with Gasteiger partial charge in [0.25, 0.3) is 0 Å². The lowest BCUT2D eigenvalue weighted by Crippen LogP contribution is -2.31. The van der Waals surface area contributed by atoms with Crippen molar-refractivity contribution in [2.45, 2.75) is 64.7 Å². The molecule has 0 saturated heterocycles. The van der Waals surface area contributed by atoms with Gasteiger partial charge in [-0.25, -0.2) is 0 Å². The lowest BCUT2D eigenvalue weighted by Gasteiger charge is -2.24. The molecule has 1 heterocycles. The van der Waals surface area contributed by atoms with Crippen LogP contribution in [0.4, 0.5) is 0 Å². The van der Waals surface area contributed by atoms with E-state index in [2.05, 4.69) is 17.1 Å². The molecule has 5 nitrogen and oxygen atoms in total. The second-order valence-corrected chi connectivity index (χ2v) is 6.27. The fourth-order valence-electron chi connectivity index (χ4n) is 2.72. The number of hydrogen-bond donors (Lipinski definition) is 0. The van der Waals surface area contributed by atoms with Gasteiger partial charge >= 0.3 is 5.97 Å². The molecule has 1 aromatic rings. The minimum atomic E-state index is -0.887. The first kappa shape index (κ1) is 15.0. The Morgan fingerprint density at radius 1 is 1.45 bits per heavy atom. The first-order valence-corrected chi connectivity index (χ1v) is 7.46. The summed E-state index contributed by atoms with van der Waals surface area (Å²) in [6.45, 7) is 7.91. The van der Waals surface area contributed by atoms with E-state index < -0.39 is 5.41 Å². The molecule has 2 unspecified atom stereocenters. The van der Waals surface area contributed by atoms with Crippen LogP contribution in [0.1, 0.15) is 71.0 Å². The molecule has 112 valence electrons. The van der Waals surface area contributed by atoms with Gasteiger partial charge in [0.05, 0.1) is 6.61 Å². The van der Waals surface area contributed by atoms with Gasteiger partial charge in [-0.2, -0.15) is 4.98 Å². The lowest BCUT2D eigenvalue weighted by molar-refractivity contribution is -0.149. The van der Waals surface area contributed by atoms with E-state index in [1.54, 1.807) is 20.8 Å². The number of ether oxygens (including phenoxy) is 1. The van der Waals surface area contributed by atoms with Gasteiger partial charge < -0.3 is 9.26 Å². The standard InChI is InChI=1S/C15H24N2O3/c1-5-19-14(18)15(3,4)13-16-12(17-20-13)11-8-6-7-10(2)9-11/h10-11H,5-9H2,1-4H3. The molecule has 1 fully saturated rings. The molecule has 0 spiro atoms. The van der Waals surface area contributed by atoms with Crippen LogP contribution in [0.3, 0.4) is 0 Å². The summed E-state index contributed by atoms with van der Waals surface area (Å²) in [4.78, 5) is 16.4. The van der Waals surface area contributed by atoms with Gasteiger partial charge in [-0.1, -0.05) is 24.9 Å². The van der Waals surface area contributed by atoms with Gasteiger partial charge in [-0.3, -0.25) is 4.79 Å². The number of esters is 1. The van der Waals surface area contributed by atoms with Crippen molar-refractivity contribution in [2.75, 3.05) is 6.61 Å². The Bertz CT molecular complexity index is 467. The van der Waals surface area contributed by atoms with Gasteiger partial charge in [0.15, 0.2) is 5.82 Å². The maximum atomic E-state index is 12.0. The molecule has 0 aliphatic heterocycles. The average Bonchev–Trinajstić information content (AvgIpc) is 2.89. The number of nitrogens with zero attached hydrogens (tertiary/aromatic N) is 2. The summed E-state index contributed by atoms with van der Waals surface area (Å²) in [5.41, 5.74) is -0.887. The van der Waals surface area contributed by atoms with Crippen LogP contribution in [0.25, 0.3) is 0 Å². The Morgan fingerprint density at radius 2 is 2.20 bits per heavy atom. The molecular formula is C15H24N2O3. The average molecular weight is 280 g/mol. The quantitative estimate of drug-likeness (QED) is 0.792. The molecule has 1 saturated carbocycles. The summed E-state index contributed by atoms with van der Waals surface area (Å²) in [6, 6.07) is 0. The van der Waals surface area contributed by atoms with Crippen LogP contribution < -0.4 is 0 Å². The Kier molecular flexibility index (Phi) is 4.45. The minimum absolute atomic E-state index is 0.327. The fourth-order valence-corrected chi connectivity index (χ4v) is 2.72. The van der Waals surface area contributed by atoms with Crippen LogP contribution in [-0.4, -0.2) is 22.7 Å². The van der Waals surface area contributed by atoms with E-state index in [4.69, 9.17) is 9.26 Å². The van der Waals surface area contributed by atoms with Crippen LogP contribution in [-0.2, 0) is 14.9 Å². The van der Waals surface area contributed by atoms with E-state index in [-0.39, 0.29) is 5.97 Å². The summed E-state index contributed by atoms with van der Waals surface area (Å²) in [7, 11) is 0. The maximum absolute atomic E-state index is 12.0. The Labute approximate surface area is 120 Å². The van der Waals surface area contributed by atoms with Crippen LogP contribution in [0.15, 0.2) is 4.52 Å².